The molecule has 0 radical (unpaired) electrons. The SMILES string of the molecule is CCNC(=NCCc1noc(-c2ccccn2)n1)NC1CC1.I. The lowest BCUT2D eigenvalue weighted by molar-refractivity contribution is 0.421. The molecule has 8 heteroatoms. The van der Waals surface area contributed by atoms with Crippen LogP contribution < -0.4 is 10.6 Å². The number of aliphatic imine (C=N–C) groups is 1. The Bertz CT molecular complexity index is 626. The summed E-state index contributed by atoms with van der Waals surface area (Å²) >= 11 is 0. The average Bonchev–Trinajstić information content (AvgIpc) is 3.23. The number of pyridine rings is 1. The Hall–Kier alpha value is -1.71. The molecule has 1 aliphatic carbocycles. The van der Waals surface area contributed by atoms with Gasteiger partial charge in [-0.05, 0) is 31.9 Å². The highest BCUT2D eigenvalue weighted by molar-refractivity contribution is 14.0. The summed E-state index contributed by atoms with van der Waals surface area (Å²) in [7, 11) is 0. The van der Waals surface area contributed by atoms with E-state index in [0.717, 1.165) is 12.5 Å². The Morgan fingerprint density at radius 1 is 1.39 bits per heavy atom. The molecule has 124 valence electrons. The molecule has 1 aliphatic rings. The van der Waals surface area contributed by atoms with Gasteiger partial charge in [-0.25, -0.2) is 0 Å². The Morgan fingerprint density at radius 2 is 2.26 bits per heavy atom. The number of rotatable bonds is 6. The maximum atomic E-state index is 5.23. The summed E-state index contributed by atoms with van der Waals surface area (Å²) in [6.07, 6.45) is 4.79. The van der Waals surface area contributed by atoms with Crippen LogP contribution in [0.4, 0.5) is 0 Å². The van der Waals surface area contributed by atoms with Crippen molar-refractivity contribution in [3.8, 4) is 11.6 Å². The third-order valence-corrected chi connectivity index (χ3v) is 3.22. The molecule has 1 saturated carbocycles. The van der Waals surface area contributed by atoms with Crippen LogP contribution in [-0.4, -0.2) is 40.2 Å². The molecule has 0 aromatic carbocycles. The lowest BCUT2D eigenvalue weighted by Crippen LogP contribution is -2.38. The van der Waals surface area contributed by atoms with Crippen LogP contribution in [0.5, 0.6) is 0 Å². The molecule has 7 nitrogen and oxygen atoms in total. The smallest absolute Gasteiger partial charge is 0.276 e. The fraction of sp³-hybridized carbons (Fsp3) is 0.467. The molecule has 0 spiro atoms. The van der Waals surface area contributed by atoms with Gasteiger partial charge >= 0.3 is 0 Å². The van der Waals surface area contributed by atoms with Crippen LogP contribution in [-0.2, 0) is 6.42 Å². The highest BCUT2D eigenvalue weighted by Gasteiger charge is 2.22. The molecule has 0 aliphatic heterocycles. The van der Waals surface area contributed by atoms with Gasteiger partial charge in [0.2, 0.25) is 0 Å². The minimum atomic E-state index is 0. The standard InChI is InChI=1S/C15H20N6O.HI/c1-2-16-15(19-11-6-7-11)18-10-8-13-20-14(22-21-13)12-5-3-4-9-17-12;/h3-5,9,11H,2,6-8,10H2,1H3,(H2,16,18,19);1H. The van der Waals surface area contributed by atoms with Gasteiger partial charge in [0.05, 0.1) is 0 Å². The lowest BCUT2D eigenvalue weighted by Gasteiger charge is -2.09. The quantitative estimate of drug-likeness (QED) is 0.416. The van der Waals surface area contributed by atoms with E-state index in [-0.39, 0.29) is 24.0 Å². The van der Waals surface area contributed by atoms with E-state index >= 15 is 0 Å². The Balaban J connectivity index is 0.00000192. The number of hydrogen-bond donors (Lipinski definition) is 2. The van der Waals surface area contributed by atoms with E-state index in [4.69, 9.17) is 4.52 Å². The molecule has 23 heavy (non-hydrogen) atoms. The summed E-state index contributed by atoms with van der Waals surface area (Å²) < 4.78 is 5.23. The first-order valence-corrected chi connectivity index (χ1v) is 7.64. The largest absolute Gasteiger partial charge is 0.357 e. The molecule has 2 aromatic rings. The van der Waals surface area contributed by atoms with Crippen molar-refractivity contribution in [1.29, 1.82) is 0 Å². The minimum Gasteiger partial charge on any atom is -0.357 e. The summed E-state index contributed by atoms with van der Waals surface area (Å²) in [5, 5.41) is 10.6. The van der Waals surface area contributed by atoms with Gasteiger partial charge < -0.3 is 15.2 Å². The van der Waals surface area contributed by atoms with E-state index in [1.807, 2.05) is 18.2 Å². The molecule has 0 bridgehead atoms. The number of nitrogens with one attached hydrogen (secondary N) is 2. The zero-order chi connectivity index (χ0) is 15.2. The predicted octanol–water partition coefficient (Wildman–Crippen LogP) is 2.01. The van der Waals surface area contributed by atoms with Gasteiger partial charge in [0.15, 0.2) is 11.8 Å². The number of guanidine groups is 1. The van der Waals surface area contributed by atoms with Gasteiger partial charge in [-0.15, -0.1) is 24.0 Å². The fourth-order valence-electron chi connectivity index (χ4n) is 1.96. The summed E-state index contributed by atoms with van der Waals surface area (Å²) in [6.45, 7) is 3.52. The topological polar surface area (TPSA) is 88.2 Å². The van der Waals surface area contributed by atoms with Crippen LogP contribution in [0, 0.1) is 0 Å². The molecule has 0 saturated heterocycles. The molecule has 3 rings (SSSR count). The Kier molecular flexibility index (Phi) is 6.75. The zero-order valence-corrected chi connectivity index (χ0v) is 15.4. The zero-order valence-electron chi connectivity index (χ0n) is 13.0. The molecule has 0 amide bonds. The van der Waals surface area contributed by atoms with Crippen LogP contribution >= 0.6 is 24.0 Å². The Morgan fingerprint density at radius 3 is 2.96 bits per heavy atom. The van der Waals surface area contributed by atoms with E-state index in [2.05, 4.69) is 37.7 Å². The van der Waals surface area contributed by atoms with E-state index in [9.17, 15) is 0 Å². The highest BCUT2D eigenvalue weighted by Crippen LogP contribution is 2.18. The summed E-state index contributed by atoms with van der Waals surface area (Å²) in [5.74, 6) is 1.95. The second-order valence-electron chi connectivity index (χ2n) is 5.16. The van der Waals surface area contributed by atoms with Crippen molar-refractivity contribution in [1.82, 2.24) is 25.8 Å². The van der Waals surface area contributed by atoms with Crippen LogP contribution in [0.25, 0.3) is 11.6 Å². The van der Waals surface area contributed by atoms with Gasteiger partial charge in [0.1, 0.15) is 5.69 Å². The molecule has 0 unspecified atom stereocenters. The van der Waals surface area contributed by atoms with Crippen molar-refractivity contribution in [2.45, 2.75) is 32.2 Å². The monoisotopic (exact) mass is 428 g/mol. The second-order valence-corrected chi connectivity index (χ2v) is 5.16. The van der Waals surface area contributed by atoms with Crippen molar-refractivity contribution in [3.05, 3.63) is 30.2 Å². The van der Waals surface area contributed by atoms with Crippen molar-refractivity contribution in [2.24, 2.45) is 4.99 Å². The molecule has 2 N–H and O–H groups in total. The first-order chi connectivity index (χ1) is 10.8. The predicted molar refractivity (Wildman–Crippen MR) is 98.8 cm³/mol. The first kappa shape index (κ1) is 17.6. The molecule has 2 heterocycles. The molecule has 0 atom stereocenters. The molecule has 1 fully saturated rings. The first-order valence-electron chi connectivity index (χ1n) is 7.64. The third-order valence-electron chi connectivity index (χ3n) is 3.22. The van der Waals surface area contributed by atoms with E-state index in [0.29, 0.717) is 36.4 Å². The van der Waals surface area contributed by atoms with Crippen LogP contribution in [0.2, 0.25) is 0 Å². The van der Waals surface area contributed by atoms with Crippen LogP contribution in [0.1, 0.15) is 25.6 Å². The summed E-state index contributed by atoms with van der Waals surface area (Å²) in [6, 6.07) is 6.17. The van der Waals surface area contributed by atoms with Gasteiger partial charge in [-0.2, -0.15) is 4.98 Å². The maximum absolute atomic E-state index is 5.23. The number of aromatic nitrogens is 3. The van der Waals surface area contributed by atoms with E-state index in [1.165, 1.54) is 12.8 Å². The molecule has 2 aromatic heterocycles. The highest BCUT2D eigenvalue weighted by atomic mass is 127. The molecular weight excluding hydrogens is 407 g/mol. The maximum Gasteiger partial charge on any atom is 0.276 e. The van der Waals surface area contributed by atoms with Crippen molar-refractivity contribution in [2.75, 3.05) is 13.1 Å². The van der Waals surface area contributed by atoms with Gasteiger partial charge in [0.25, 0.3) is 5.89 Å². The summed E-state index contributed by atoms with van der Waals surface area (Å²) in [5.41, 5.74) is 0.688. The summed E-state index contributed by atoms with van der Waals surface area (Å²) in [4.78, 5) is 13.1. The second kappa shape index (κ2) is 8.80. The van der Waals surface area contributed by atoms with Gasteiger partial charge in [0, 0.05) is 31.7 Å². The fourth-order valence-corrected chi connectivity index (χ4v) is 1.96. The van der Waals surface area contributed by atoms with Crippen molar-refractivity contribution in [3.63, 3.8) is 0 Å². The van der Waals surface area contributed by atoms with Crippen molar-refractivity contribution >= 4 is 29.9 Å². The van der Waals surface area contributed by atoms with E-state index in [1.54, 1.807) is 6.20 Å². The van der Waals surface area contributed by atoms with E-state index < -0.39 is 0 Å². The number of halogens is 1. The normalized spacial score (nSPS) is 14.2. The van der Waals surface area contributed by atoms with Crippen LogP contribution in [0.3, 0.4) is 0 Å². The number of hydrogen-bond acceptors (Lipinski definition) is 5. The van der Waals surface area contributed by atoms with Gasteiger partial charge in [-0.1, -0.05) is 11.2 Å². The minimum absolute atomic E-state index is 0. The molecular formula is C15H21IN6O. The average molecular weight is 428 g/mol. The van der Waals surface area contributed by atoms with Crippen LogP contribution in [0.15, 0.2) is 33.9 Å². The Labute approximate surface area is 152 Å². The van der Waals surface area contributed by atoms with Crippen molar-refractivity contribution < 1.29 is 4.52 Å². The number of nitrogens with zero attached hydrogens (tertiary/aromatic N) is 4. The third kappa shape index (κ3) is 5.45. The van der Waals surface area contributed by atoms with Gasteiger partial charge in [-0.3, -0.25) is 9.98 Å². The lowest BCUT2D eigenvalue weighted by atomic mass is 10.3.